The van der Waals surface area contributed by atoms with E-state index in [0.29, 0.717) is 0 Å². The van der Waals surface area contributed by atoms with Gasteiger partial charge < -0.3 is 4.18 Å². The van der Waals surface area contributed by atoms with E-state index in [1.807, 2.05) is 0 Å². The summed E-state index contributed by atoms with van der Waals surface area (Å²) in [6, 6.07) is 5.92. The molecule has 0 saturated heterocycles. The first-order chi connectivity index (χ1) is 6.49. The molecular weight excluding hydrogens is 232 g/mol. The molecule has 0 aliphatic heterocycles. The molecule has 0 fully saturated rings. The van der Waals surface area contributed by atoms with Crippen molar-refractivity contribution in [3.05, 3.63) is 29.3 Å². The maximum absolute atomic E-state index is 10.2. The molecule has 80 valence electrons. The molecule has 0 aliphatic carbocycles. The molecule has 14 heavy (non-hydrogen) atoms. The third kappa shape index (κ3) is 5.00. The summed E-state index contributed by atoms with van der Waals surface area (Å²) >= 11 is 5.53. The Morgan fingerprint density at radius 3 is 2.21 bits per heavy atom. The number of hydrogen-bond donors (Lipinski definition) is 3. The molecule has 0 amide bonds. The maximum atomic E-state index is 10.2. The first-order valence-corrected chi connectivity index (χ1v) is 4.98. The summed E-state index contributed by atoms with van der Waals surface area (Å²) in [6.45, 7) is 0. The second-order valence-corrected chi connectivity index (χ2v) is 3.37. The van der Waals surface area contributed by atoms with Gasteiger partial charge in [-0.3, -0.25) is 16.2 Å². The Kier molecular flexibility index (Phi) is 5.43. The number of para-hydroxylation sites is 1. The highest BCUT2D eigenvalue weighted by Gasteiger charge is 2.08. The summed E-state index contributed by atoms with van der Waals surface area (Å²) < 4.78 is 32.9. The van der Waals surface area contributed by atoms with E-state index in [1.165, 1.54) is 18.2 Å². The number of benzene rings is 1. The third-order valence-electron chi connectivity index (χ3n) is 1.03. The van der Waals surface area contributed by atoms with Crippen molar-refractivity contribution in [2.75, 3.05) is 0 Å². The molecule has 0 atom stereocenters. The van der Waals surface area contributed by atoms with Crippen LogP contribution in [-0.4, -0.2) is 13.0 Å². The Labute approximate surface area is 86.3 Å². The topological polar surface area (TPSA) is 116 Å². The summed E-state index contributed by atoms with van der Waals surface area (Å²) in [5, 5.41) is 0.120. The second kappa shape index (κ2) is 5.78. The van der Waals surface area contributed by atoms with E-state index in [9.17, 15) is 8.42 Å². The summed E-state index contributed by atoms with van der Waals surface area (Å²) in [4.78, 5) is 0. The molecule has 8 heteroatoms. The molecule has 1 aromatic rings. The van der Waals surface area contributed by atoms with Crippen molar-refractivity contribution in [3.63, 3.8) is 0 Å². The highest BCUT2D eigenvalue weighted by Crippen LogP contribution is 2.23. The molecule has 0 unspecified atom stereocenters. The SMILES string of the molecule is NN.O=S(=O)(O)Oc1ccccc1Cl. The Hall–Kier alpha value is -0.860. The van der Waals surface area contributed by atoms with E-state index < -0.39 is 10.4 Å². The van der Waals surface area contributed by atoms with Gasteiger partial charge in [-0.1, -0.05) is 23.7 Å². The third-order valence-corrected chi connectivity index (χ3v) is 1.73. The van der Waals surface area contributed by atoms with Gasteiger partial charge in [-0.15, -0.1) is 0 Å². The lowest BCUT2D eigenvalue weighted by atomic mass is 10.3. The molecule has 5 N–H and O–H groups in total. The van der Waals surface area contributed by atoms with Crippen molar-refractivity contribution in [2.24, 2.45) is 11.7 Å². The first kappa shape index (κ1) is 13.1. The van der Waals surface area contributed by atoms with Gasteiger partial charge in [-0.05, 0) is 12.1 Å². The molecule has 0 aliphatic rings. The number of halogens is 1. The zero-order chi connectivity index (χ0) is 11.2. The Bertz CT molecular complexity index is 381. The van der Waals surface area contributed by atoms with Crippen LogP contribution in [0.2, 0.25) is 5.02 Å². The average molecular weight is 241 g/mol. The van der Waals surface area contributed by atoms with Crippen molar-refractivity contribution in [1.29, 1.82) is 0 Å². The molecule has 0 saturated carbocycles. The van der Waals surface area contributed by atoms with E-state index in [1.54, 1.807) is 6.07 Å². The van der Waals surface area contributed by atoms with E-state index in [-0.39, 0.29) is 10.8 Å². The average Bonchev–Trinajstić information content (AvgIpc) is 2.10. The zero-order valence-corrected chi connectivity index (χ0v) is 8.49. The van der Waals surface area contributed by atoms with E-state index in [0.717, 1.165) is 0 Å². The number of hydrogen-bond acceptors (Lipinski definition) is 5. The lowest BCUT2D eigenvalue weighted by molar-refractivity contribution is 0.387. The Morgan fingerprint density at radius 1 is 1.29 bits per heavy atom. The zero-order valence-electron chi connectivity index (χ0n) is 6.92. The molecule has 0 radical (unpaired) electrons. The Morgan fingerprint density at radius 2 is 1.79 bits per heavy atom. The minimum Gasteiger partial charge on any atom is -0.360 e. The van der Waals surface area contributed by atoms with Crippen molar-refractivity contribution in [3.8, 4) is 5.75 Å². The van der Waals surface area contributed by atoms with Gasteiger partial charge in [0.15, 0.2) is 5.75 Å². The largest absolute Gasteiger partial charge is 0.446 e. The molecule has 6 nitrogen and oxygen atoms in total. The Balaban J connectivity index is 0.000000791. The number of hydrazine groups is 1. The first-order valence-electron chi connectivity index (χ1n) is 3.24. The lowest BCUT2D eigenvalue weighted by Gasteiger charge is -2.01. The number of rotatable bonds is 2. The fraction of sp³-hybridized carbons (Fsp3) is 0. The normalized spacial score (nSPS) is 10.0. The summed E-state index contributed by atoms with van der Waals surface area (Å²) in [5.41, 5.74) is 0. The fourth-order valence-electron chi connectivity index (χ4n) is 0.626. The van der Waals surface area contributed by atoms with Gasteiger partial charge in [0.1, 0.15) is 0 Å². The van der Waals surface area contributed by atoms with Gasteiger partial charge in [0.05, 0.1) is 5.02 Å². The quantitative estimate of drug-likeness (QED) is 0.390. The van der Waals surface area contributed by atoms with Crippen molar-refractivity contribution >= 4 is 22.0 Å². The molecule has 0 heterocycles. The van der Waals surface area contributed by atoms with Gasteiger partial charge in [-0.25, -0.2) is 0 Å². The summed E-state index contributed by atoms with van der Waals surface area (Å²) in [6.07, 6.45) is 0. The van der Waals surface area contributed by atoms with Crippen LogP contribution in [0.4, 0.5) is 0 Å². The van der Waals surface area contributed by atoms with Crippen LogP contribution in [-0.2, 0) is 10.4 Å². The van der Waals surface area contributed by atoms with Gasteiger partial charge in [0, 0.05) is 0 Å². The van der Waals surface area contributed by atoms with Crippen molar-refractivity contribution in [1.82, 2.24) is 0 Å². The predicted molar refractivity (Wildman–Crippen MR) is 52.0 cm³/mol. The van der Waals surface area contributed by atoms with Gasteiger partial charge >= 0.3 is 10.4 Å². The monoisotopic (exact) mass is 240 g/mol. The van der Waals surface area contributed by atoms with Gasteiger partial charge in [0.25, 0.3) is 0 Å². The molecule has 1 rings (SSSR count). The van der Waals surface area contributed by atoms with Crippen LogP contribution in [0.1, 0.15) is 0 Å². The molecule has 0 bridgehead atoms. The van der Waals surface area contributed by atoms with Crippen LogP contribution in [0.5, 0.6) is 5.75 Å². The maximum Gasteiger partial charge on any atom is 0.446 e. The second-order valence-electron chi connectivity index (χ2n) is 1.94. The summed E-state index contributed by atoms with van der Waals surface area (Å²) in [7, 11) is -4.48. The van der Waals surface area contributed by atoms with Gasteiger partial charge in [0.2, 0.25) is 0 Å². The van der Waals surface area contributed by atoms with E-state index >= 15 is 0 Å². The van der Waals surface area contributed by atoms with E-state index in [2.05, 4.69) is 15.9 Å². The van der Waals surface area contributed by atoms with Crippen LogP contribution < -0.4 is 15.9 Å². The van der Waals surface area contributed by atoms with Crippen LogP contribution >= 0.6 is 11.6 Å². The number of nitrogens with two attached hydrogens (primary N) is 2. The lowest BCUT2D eigenvalue weighted by Crippen LogP contribution is -2.06. The molecule has 0 aromatic heterocycles. The minimum atomic E-state index is -4.48. The van der Waals surface area contributed by atoms with Crippen LogP contribution in [0.3, 0.4) is 0 Å². The molecular formula is C6H9ClN2O4S. The van der Waals surface area contributed by atoms with Crippen molar-refractivity contribution in [2.45, 2.75) is 0 Å². The fourth-order valence-corrected chi connectivity index (χ4v) is 1.22. The van der Waals surface area contributed by atoms with Crippen LogP contribution in [0.15, 0.2) is 24.3 Å². The van der Waals surface area contributed by atoms with Gasteiger partial charge in [-0.2, -0.15) is 8.42 Å². The van der Waals surface area contributed by atoms with Crippen LogP contribution in [0.25, 0.3) is 0 Å². The van der Waals surface area contributed by atoms with Crippen LogP contribution in [0, 0.1) is 0 Å². The predicted octanol–water partition coefficient (Wildman–Crippen LogP) is 0.340. The highest BCUT2D eigenvalue weighted by atomic mass is 35.5. The summed E-state index contributed by atoms with van der Waals surface area (Å²) in [5.74, 6) is 7.90. The smallest absolute Gasteiger partial charge is 0.360 e. The molecule has 0 spiro atoms. The minimum absolute atomic E-state index is 0.0957. The molecule has 1 aromatic carbocycles. The van der Waals surface area contributed by atoms with Crippen molar-refractivity contribution < 1.29 is 17.2 Å². The highest BCUT2D eigenvalue weighted by molar-refractivity contribution is 7.81. The standard InChI is InChI=1S/C6H5ClO4S.H4N2/c7-5-3-1-2-4-6(5)11-12(8,9)10;1-2/h1-4H,(H,8,9,10);1-2H2. The van der Waals surface area contributed by atoms with E-state index in [4.69, 9.17) is 16.2 Å².